The number of nitrogens with one attached hydrogen (secondary N) is 1. The molecule has 0 aliphatic carbocycles. The highest BCUT2D eigenvalue weighted by molar-refractivity contribution is 6.32. The summed E-state index contributed by atoms with van der Waals surface area (Å²) < 4.78 is 0. The maximum Gasteiger partial charge on any atom is 0.254 e. The summed E-state index contributed by atoms with van der Waals surface area (Å²) in [6, 6.07) is 3.15. The summed E-state index contributed by atoms with van der Waals surface area (Å²) >= 11 is 5.73. The van der Waals surface area contributed by atoms with Gasteiger partial charge in [0.05, 0.1) is 12.1 Å². The number of hydrogen-bond donors (Lipinski definition) is 1. The predicted octanol–water partition coefficient (Wildman–Crippen LogP) is 0.553. The first kappa shape index (κ1) is 12.4. The third kappa shape index (κ3) is 3.20. The van der Waals surface area contributed by atoms with E-state index in [0.29, 0.717) is 0 Å². The van der Waals surface area contributed by atoms with Crippen molar-refractivity contribution in [3.8, 4) is 0 Å². The highest BCUT2D eigenvalue weighted by Gasteiger charge is 2.12. The number of halogens is 1. The van der Waals surface area contributed by atoms with Gasteiger partial charge in [0.2, 0.25) is 5.91 Å². The van der Waals surface area contributed by atoms with Crippen LogP contribution in [0.2, 0.25) is 5.15 Å². The van der Waals surface area contributed by atoms with Gasteiger partial charge in [0.15, 0.2) is 0 Å². The summed E-state index contributed by atoms with van der Waals surface area (Å²) in [5, 5.41) is 2.59. The second kappa shape index (κ2) is 5.46. The Kier molecular flexibility index (Phi) is 4.25. The molecule has 0 saturated carbocycles. The first-order valence-corrected chi connectivity index (χ1v) is 4.99. The Hall–Kier alpha value is -1.62. The molecule has 16 heavy (non-hydrogen) atoms. The number of nitrogens with zero attached hydrogens (tertiary/aromatic N) is 2. The minimum absolute atomic E-state index is 0.0585. The molecule has 0 aliphatic heterocycles. The SMILES string of the molecule is CN(C)C(=O)CNC(=O)c1cccnc1Cl. The highest BCUT2D eigenvalue weighted by atomic mass is 35.5. The number of aromatic nitrogens is 1. The lowest BCUT2D eigenvalue weighted by atomic mass is 10.2. The zero-order valence-electron chi connectivity index (χ0n) is 9.03. The molecule has 0 spiro atoms. The molecule has 0 saturated heterocycles. The van der Waals surface area contributed by atoms with Gasteiger partial charge in [-0.05, 0) is 12.1 Å². The van der Waals surface area contributed by atoms with E-state index in [4.69, 9.17) is 11.6 Å². The number of rotatable bonds is 3. The smallest absolute Gasteiger partial charge is 0.254 e. The van der Waals surface area contributed by atoms with Crippen LogP contribution in [0.5, 0.6) is 0 Å². The number of carbonyl (C=O) groups excluding carboxylic acids is 2. The molecule has 1 rings (SSSR count). The van der Waals surface area contributed by atoms with E-state index in [9.17, 15) is 9.59 Å². The standard InChI is InChI=1S/C10H12ClN3O2/c1-14(2)8(15)6-13-10(16)7-4-3-5-12-9(7)11/h3-5H,6H2,1-2H3,(H,13,16). The van der Waals surface area contributed by atoms with Crippen molar-refractivity contribution in [2.45, 2.75) is 0 Å². The molecule has 6 heteroatoms. The van der Waals surface area contributed by atoms with E-state index in [1.54, 1.807) is 26.2 Å². The second-order valence-corrected chi connectivity index (χ2v) is 3.67. The van der Waals surface area contributed by atoms with E-state index in [2.05, 4.69) is 10.3 Å². The van der Waals surface area contributed by atoms with Gasteiger partial charge in [0.25, 0.3) is 5.91 Å². The Bertz CT molecular complexity index is 407. The number of pyridine rings is 1. The maximum atomic E-state index is 11.6. The summed E-state index contributed by atoms with van der Waals surface area (Å²) in [5.41, 5.74) is 0.260. The molecule has 0 unspecified atom stereocenters. The molecule has 0 aromatic carbocycles. The quantitative estimate of drug-likeness (QED) is 0.787. The van der Waals surface area contributed by atoms with E-state index in [0.717, 1.165) is 0 Å². The largest absolute Gasteiger partial charge is 0.347 e. The van der Waals surface area contributed by atoms with E-state index >= 15 is 0 Å². The van der Waals surface area contributed by atoms with Crippen LogP contribution in [0.15, 0.2) is 18.3 Å². The maximum absolute atomic E-state index is 11.6. The van der Waals surface area contributed by atoms with E-state index in [-0.39, 0.29) is 23.2 Å². The average molecular weight is 242 g/mol. The number of amides is 2. The van der Waals surface area contributed by atoms with Crippen LogP contribution in [0.4, 0.5) is 0 Å². The van der Waals surface area contributed by atoms with Gasteiger partial charge in [0, 0.05) is 20.3 Å². The Balaban J connectivity index is 2.60. The van der Waals surface area contributed by atoms with Gasteiger partial charge in [-0.3, -0.25) is 9.59 Å². The Morgan fingerprint density at radius 3 is 2.75 bits per heavy atom. The Morgan fingerprint density at radius 2 is 2.19 bits per heavy atom. The van der Waals surface area contributed by atoms with Crippen LogP contribution in [0.1, 0.15) is 10.4 Å². The first-order chi connectivity index (χ1) is 7.52. The summed E-state index contributed by atoms with van der Waals surface area (Å²) in [5.74, 6) is -0.596. The van der Waals surface area contributed by atoms with Gasteiger partial charge < -0.3 is 10.2 Å². The summed E-state index contributed by atoms with van der Waals surface area (Å²) in [4.78, 5) is 28.0. The molecular formula is C10H12ClN3O2. The summed E-state index contributed by atoms with van der Waals surface area (Å²) in [6.07, 6.45) is 1.49. The normalized spacial score (nSPS) is 9.69. The lowest BCUT2D eigenvalue weighted by Gasteiger charge is -2.11. The zero-order valence-corrected chi connectivity index (χ0v) is 9.78. The highest BCUT2D eigenvalue weighted by Crippen LogP contribution is 2.10. The van der Waals surface area contributed by atoms with Crippen molar-refractivity contribution in [3.63, 3.8) is 0 Å². The number of hydrogen-bond acceptors (Lipinski definition) is 3. The van der Waals surface area contributed by atoms with Gasteiger partial charge in [0.1, 0.15) is 5.15 Å². The van der Waals surface area contributed by atoms with Crippen molar-refractivity contribution >= 4 is 23.4 Å². The van der Waals surface area contributed by atoms with Crippen LogP contribution in [0.3, 0.4) is 0 Å². The molecule has 1 N–H and O–H groups in total. The topological polar surface area (TPSA) is 62.3 Å². The lowest BCUT2D eigenvalue weighted by molar-refractivity contribution is -0.127. The Morgan fingerprint density at radius 1 is 1.50 bits per heavy atom. The average Bonchev–Trinajstić information content (AvgIpc) is 2.25. The van der Waals surface area contributed by atoms with Gasteiger partial charge in [-0.2, -0.15) is 0 Å². The van der Waals surface area contributed by atoms with Crippen molar-refractivity contribution in [1.82, 2.24) is 15.2 Å². The molecule has 0 aliphatic rings. The summed E-state index contributed by atoms with van der Waals surface area (Å²) in [7, 11) is 3.23. The van der Waals surface area contributed by atoms with E-state index in [1.807, 2.05) is 0 Å². The second-order valence-electron chi connectivity index (χ2n) is 3.31. The molecule has 86 valence electrons. The molecule has 1 aromatic heterocycles. The monoisotopic (exact) mass is 241 g/mol. The Labute approximate surface area is 98.4 Å². The molecule has 0 fully saturated rings. The third-order valence-corrected chi connectivity index (χ3v) is 2.20. The van der Waals surface area contributed by atoms with E-state index in [1.165, 1.54) is 11.1 Å². The third-order valence-electron chi connectivity index (χ3n) is 1.90. The van der Waals surface area contributed by atoms with Crippen molar-refractivity contribution in [2.75, 3.05) is 20.6 Å². The van der Waals surface area contributed by atoms with Gasteiger partial charge in [-0.25, -0.2) is 4.98 Å². The van der Waals surface area contributed by atoms with Gasteiger partial charge in [-0.15, -0.1) is 0 Å². The minimum Gasteiger partial charge on any atom is -0.347 e. The number of carbonyl (C=O) groups is 2. The molecule has 5 nitrogen and oxygen atoms in total. The van der Waals surface area contributed by atoms with Gasteiger partial charge >= 0.3 is 0 Å². The zero-order chi connectivity index (χ0) is 12.1. The predicted molar refractivity (Wildman–Crippen MR) is 60.3 cm³/mol. The van der Waals surface area contributed by atoms with Crippen LogP contribution < -0.4 is 5.32 Å². The molecule has 0 radical (unpaired) electrons. The van der Waals surface area contributed by atoms with Crippen molar-refractivity contribution in [1.29, 1.82) is 0 Å². The lowest BCUT2D eigenvalue weighted by Crippen LogP contribution is -2.36. The minimum atomic E-state index is -0.409. The molecule has 2 amide bonds. The number of likely N-dealkylation sites (N-methyl/N-ethyl adjacent to an activating group) is 1. The molecular weight excluding hydrogens is 230 g/mol. The molecule has 0 bridgehead atoms. The van der Waals surface area contributed by atoms with Crippen molar-refractivity contribution in [2.24, 2.45) is 0 Å². The van der Waals surface area contributed by atoms with Crippen LogP contribution >= 0.6 is 11.6 Å². The molecule has 1 aromatic rings. The van der Waals surface area contributed by atoms with E-state index < -0.39 is 5.91 Å². The fraction of sp³-hybridized carbons (Fsp3) is 0.300. The van der Waals surface area contributed by atoms with Gasteiger partial charge in [-0.1, -0.05) is 11.6 Å². The van der Waals surface area contributed by atoms with Crippen molar-refractivity contribution in [3.05, 3.63) is 29.0 Å². The van der Waals surface area contributed by atoms with Crippen LogP contribution in [0, 0.1) is 0 Å². The molecule has 0 atom stereocenters. The summed E-state index contributed by atoms with van der Waals surface area (Å²) in [6.45, 7) is -0.0585. The van der Waals surface area contributed by atoms with Crippen molar-refractivity contribution < 1.29 is 9.59 Å². The van der Waals surface area contributed by atoms with Crippen LogP contribution in [0.25, 0.3) is 0 Å². The fourth-order valence-electron chi connectivity index (χ4n) is 0.965. The van der Waals surface area contributed by atoms with Crippen LogP contribution in [-0.4, -0.2) is 42.3 Å². The molecule has 1 heterocycles. The first-order valence-electron chi connectivity index (χ1n) is 4.61. The van der Waals surface area contributed by atoms with Crippen LogP contribution in [-0.2, 0) is 4.79 Å². The fourth-order valence-corrected chi connectivity index (χ4v) is 1.17.